The predicted octanol–water partition coefficient (Wildman–Crippen LogP) is 5.35. The Labute approximate surface area is 250 Å². The Kier molecular flexibility index (Phi) is 10.4. The number of ether oxygens (including phenoxy) is 1. The third kappa shape index (κ3) is 7.03. The van der Waals surface area contributed by atoms with Gasteiger partial charge in [-0.2, -0.15) is 13.2 Å². The number of halogens is 4. The molecule has 7 nitrogen and oxygen atoms in total. The highest BCUT2D eigenvalue weighted by Gasteiger charge is 2.62. The minimum atomic E-state index is -5.13. The van der Waals surface area contributed by atoms with E-state index in [1.165, 1.54) is 12.1 Å². The molecular weight excluding hydrogens is 571 g/mol. The van der Waals surface area contributed by atoms with Crippen molar-refractivity contribution < 1.29 is 32.6 Å². The van der Waals surface area contributed by atoms with Gasteiger partial charge in [0, 0.05) is 58.1 Å². The molecule has 0 unspecified atom stereocenters. The predicted molar refractivity (Wildman–Crippen MR) is 156 cm³/mol. The molecule has 1 N–H and O–H groups in total. The average Bonchev–Trinajstić information content (AvgIpc) is 2.99. The standard InChI is InChI=1S/C31H39ClF3N3O4/c1-36(18-19-42-2)28(39)26-9-8-25(21-27(26)32)37-14-10-22(11-15-37)20-23-12-16-38(17-13-23)29(40)30(41,31(33,34)35)24-6-4-3-5-7-24/h3-9,21-23,41H,10-20H2,1-2H3/t30-/m1/s1. The van der Waals surface area contributed by atoms with Gasteiger partial charge in [-0.25, -0.2) is 0 Å². The summed E-state index contributed by atoms with van der Waals surface area (Å²) < 4.78 is 46.9. The SMILES string of the molecule is COCCN(C)C(=O)c1ccc(N2CCC(CC3CCN(C(=O)[C@](O)(c4ccccc4)C(F)(F)F)CC3)CC2)cc1Cl. The molecule has 0 radical (unpaired) electrons. The first kappa shape index (κ1) is 32.1. The largest absolute Gasteiger partial charge is 0.430 e. The summed E-state index contributed by atoms with van der Waals surface area (Å²) in [6.45, 7) is 2.99. The number of likely N-dealkylation sites (tertiary alicyclic amines) is 1. The van der Waals surface area contributed by atoms with Crippen molar-refractivity contribution in [2.45, 2.75) is 43.9 Å². The van der Waals surface area contributed by atoms with Crippen LogP contribution in [0, 0.1) is 11.8 Å². The van der Waals surface area contributed by atoms with E-state index in [0.29, 0.717) is 48.4 Å². The number of anilines is 1. The number of benzene rings is 2. The zero-order valence-corrected chi connectivity index (χ0v) is 24.8. The maximum Gasteiger partial charge on any atom is 0.430 e. The van der Waals surface area contributed by atoms with Gasteiger partial charge in [0.25, 0.3) is 17.4 Å². The first-order valence-electron chi connectivity index (χ1n) is 14.4. The van der Waals surface area contributed by atoms with E-state index in [2.05, 4.69) is 4.90 Å². The molecule has 0 bridgehead atoms. The molecule has 2 aliphatic rings. The van der Waals surface area contributed by atoms with Crippen LogP contribution >= 0.6 is 11.6 Å². The lowest BCUT2D eigenvalue weighted by molar-refractivity contribution is -0.262. The van der Waals surface area contributed by atoms with Crippen molar-refractivity contribution in [3.63, 3.8) is 0 Å². The normalized spacial score (nSPS) is 18.5. The number of amides is 2. The molecule has 0 aliphatic carbocycles. The van der Waals surface area contributed by atoms with Gasteiger partial charge in [-0.05, 0) is 62.1 Å². The average molecular weight is 610 g/mol. The fourth-order valence-electron chi connectivity index (χ4n) is 6.00. The Bertz CT molecular complexity index is 1220. The van der Waals surface area contributed by atoms with E-state index in [9.17, 15) is 27.9 Å². The number of methoxy groups -OCH3 is 1. The number of carbonyl (C=O) groups is 2. The summed E-state index contributed by atoms with van der Waals surface area (Å²) in [5, 5.41) is 11.1. The fraction of sp³-hybridized carbons (Fsp3) is 0.548. The van der Waals surface area contributed by atoms with Crippen LogP contribution in [0.15, 0.2) is 48.5 Å². The van der Waals surface area contributed by atoms with E-state index < -0.39 is 23.2 Å². The summed E-state index contributed by atoms with van der Waals surface area (Å²) in [5.74, 6) is -0.661. The molecule has 230 valence electrons. The molecular formula is C31H39ClF3N3O4. The molecule has 11 heteroatoms. The lowest BCUT2D eigenvalue weighted by Crippen LogP contribution is -2.57. The van der Waals surface area contributed by atoms with Crippen molar-refractivity contribution in [1.29, 1.82) is 0 Å². The van der Waals surface area contributed by atoms with E-state index in [1.807, 2.05) is 12.1 Å². The van der Waals surface area contributed by atoms with E-state index in [4.69, 9.17) is 16.3 Å². The Hall–Kier alpha value is -2.82. The number of piperidine rings is 2. The van der Waals surface area contributed by atoms with E-state index in [1.54, 1.807) is 31.2 Å². The topological polar surface area (TPSA) is 73.3 Å². The van der Waals surface area contributed by atoms with Crippen LogP contribution in [0.5, 0.6) is 0 Å². The molecule has 2 saturated heterocycles. The fourth-order valence-corrected chi connectivity index (χ4v) is 6.25. The monoisotopic (exact) mass is 609 g/mol. The molecule has 2 aliphatic heterocycles. The third-order valence-corrected chi connectivity index (χ3v) is 8.93. The van der Waals surface area contributed by atoms with Crippen LogP contribution in [-0.2, 0) is 15.1 Å². The molecule has 0 aromatic heterocycles. The highest BCUT2D eigenvalue weighted by atomic mass is 35.5. The number of aliphatic hydroxyl groups is 1. The zero-order chi connectivity index (χ0) is 30.5. The number of nitrogens with zero attached hydrogens (tertiary/aromatic N) is 3. The van der Waals surface area contributed by atoms with Gasteiger partial charge in [0.2, 0.25) is 0 Å². The number of hydrogen-bond acceptors (Lipinski definition) is 5. The molecule has 1 atom stereocenters. The van der Waals surface area contributed by atoms with Crippen molar-refractivity contribution in [2.75, 3.05) is 58.4 Å². The quantitative estimate of drug-likeness (QED) is 0.415. The van der Waals surface area contributed by atoms with Crippen molar-refractivity contribution in [3.8, 4) is 0 Å². The molecule has 2 aromatic carbocycles. The van der Waals surface area contributed by atoms with Crippen LogP contribution in [0.25, 0.3) is 0 Å². The van der Waals surface area contributed by atoms with Gasteiger partial charge < -0.3 is 24.5 Å². The smallest absolute Gasteiger partial charge is 0.383 e. The summed E-state index contributed by atoms with van der Waals surface area (Å²) >= 11 is 6.49. The highest BCUT2D eigenvalue weighted by Crippen LogP contribution is 2.41. The lowest BCUT2D eigenvalue weighted by atomic mass is 9.82. The van der Waals surface area contributed by atoms with Crippen molar-refractivity contribution in [2.24, 2.45) is 11.8 Å². The van der Waals surface area contributed by atoms with Crippen molar-refractivity contribution in [3.05, 3.63) is 64.7 Å². The lowest BCUT2D eigenvalue weighted by Gasteiger charge is -2.40. The second kappa shape index (κ2) is 13.7. The second-order valence-electron chi connectivity index (χ2n) is 11.4. The summed E-state index contributed by atoms with van der Waals surface area (Å²) in [4.78, 5) is 30.7. The summed E-state index contributed by atoms with van der Waals surface area (Å²) in [6, 6.07) is 12.1. The molecule has 4 rings (SSSR count). The summed E-state index contributed by atoms with van der Waals surface area (Å²) in [5.41, 5.74) is -2.59. The van der Waals surface area contributed by atoms with E-state index in [0.717, 1.165) is 55.1 Å². The minimum absolute atomic E-state index is 0.154. The molecule has 2 fully saturated rings. The van der Waals surface area contributed by atoms with Gasteiger partial charge in [0.05, 0.1) is 17.2 Å². The molecule has 2 aromatic rings. The van der Waals surface area contributed by atoms with Crippen LogP contribution in [0.4, 0.5) is 18.9 Å². The highest BCUT2D eigenvalue weighted by molar-refractivity contribution is 6.34. The van der Waals surface area contributed by atoms with Crippen LogP contribution in [0.1, 0.15) is 48.0 Å². The van der Waals surface area contributed by atoms with E-state index in [-0.39, 0.29) is 19.0 Å². The van der Waals surface area contributed by atoms with Crippen molar-refractivity contribution >= 4 is 29.1 Å². The number of hydrogen-bond donors (Lipinski definition) is 1. The molecule has 2 heterocycles. The van der Waals surface area contributed by atoms with Gasteiger partial charge in [-0.3, -0.25) is 9.59 Å². The Morgan fingerprint density at radius 2 is 1.60 bits per heavy atom. The maximum absolute atomic E-state index is 14.0. The van der Waals surface area contributed by atoms with Gasteiger partial charge >= 0.3 is 6.18 Å². The minimum Gasteiger partial charge on any atom is -0.383 e. The maximum atomic E-state index is 14.0. The molecule has 42 heavy (non-hydrogen) atoms. The molecule has 0 spiro atoms. The summed E-state index contributed by atoms with van der Waals surface area (Å²) in [6.07, 6.45) is -1.01. The summed E-state index contributed by atoms with van der Waals surface area (Å²) in [7, 11) is 3.30. The van der Waals surface area contributed by atoms with Crippen LogP contribution in [-0.4, -0.2) is 86.4 Å². The zero-order valence-electron chi connectivity index (χ0n) is 24.1. The van der Waals surface area contributed by atoms with Crippen LogP contribution < -0.4 is 4.90 Å². The van der Waals surface area contributed by atoms with Crippen molar-refractivity contribution in [1.82, 2.24) is 9.80 Å². The number of carbonyl (C=O) groups excluding carboxylic acids is 2. The Morgan fingerprint density at radius 3 is 2.14 bits per heavy atom. The van der Waals surface area contributed by atoms with Gasteiger partial charge in [0.1, 0.15) is 0 Å². The number of rotatable bonds is 9. The Morgan fingerprint density at radius 1 is 1.00 bits per heavy atom. The van der Waals surface area contributed by atoms with Gasteiger partial charge in [0.15, 0.2) is 0 Å². The van der Waals surface area contributed by atoms with Crippen LogP contribution in [0.2, 0.25) is 5.02 Å². The van der Waals surface area contributed by atoms with Crippen LogP contribution in [0.3, 0.4) is 0 Å². The second-order valence-corrected chi connectivity index (χ2v) is 11.8. The molecule has 0 saturated carbocycles. The van der Waals surface area contributed by atoms with Gasteiger partial charge in [-0.15, -0.1) is 0 Å². The first-order valence-corrected chi connectivity index (χ1v) is 14.8. The Balaban J connectivity index is 1.27. The first-order chi connectivity index (χ1) is 20.0. The number of alkyl halides is 3. The van der Waals surface area contributed by atoms with E-state index >= 15 is 0 Å². The third-order valence-electron chi connectivity index (χ3n) is 8.62. The molecule has 2 amide bonds. The van der Waals surface area contributed by atoms with Gasteiger partial charge in [-0.1, -0.05) is 41.9 Å². The number of likely N-dealkylation sites (N-methyl/N-ethyl adjacent to an activating group) is 1.